The number of carbonyl (C=O) groups is 1. The Labute approximate surface area is 132 Å². The predicted molar refractivity (Wildman–Crippen MR) is 87.6 cm³/mol. The number of rotatable bonds is 4. The molecular formula is C16H17BrN2O2. The first-order valence-corrected chi connectivity index (χ1v) is 7.28. The normalized spacial score (nSPS) is 10.0. The van der Waals surface area contributed by atoms with Gasteiger partial charge in [-0.1, -0.05) is 28.1 Å². The van der Waals surface area contributed by atoms with E-state index in [-0.39, 0.29) is 6.03 Å². The highest BCUT2D eigenvalue weighted by Gasteiger charge is 2.09. The standard InChI is InChI=1S/C16H17BrN2O2/c1-19(11-12-3-5-13(17)6-4-12)16(20)18-14-7-9-15(21-2)10-8-14/h3-10H,11H2,1-2H3,(H,18,20). The molecule has 0 bridgehead atoms. The van der Waals surface area contributed by atoms with Crippen LogP contribution in [0.25, 0.3) is 0 Å². The van der Waals surface area contributed by atoms with Gasteiger partial charge in [-0.25, -0.2) is 4.79 Å². The summed E-state index contributed by atoms with van der Waals surface area (Å²) in [5.74, 6) is 0.760. The number of nitrogens with zero attached hydrogens (tertiary/aromatic N) is 1. The van der Waals surface area contributed by atoms with Gasteiger partial charge in [0.1, 0.15) is 5.75 Å². The van der Waals surface area contributed by atoms with Crippen LogP contribution in [0.2, 0.25) is 0 Å². The molecule has 2 aromatic carbocycles. The summed E-state index contributed by atoms with van der Waals surface area (Å²) >= 11 is 3.39. The molecule has 21 heavy (non-hydrogen) atoms. The zero-order valence-corrected chi connectivity index (χ0v) is 13.6. The van der Waals surface area contributed by atoms with Crippen molar-refractivity contribution in [3.8, 4) is 5.75 Å². The maximum atomic E-state index is 12.1. The molecule has 2 rings (SSSR count). The Bertz CT molecular complexity index is 597. The van der Waals surface area contributed by atoms with Gasteiger partial charge in [0, 0.05) is 23.8 Å². The zero-order chi connectivity index (χ0) is 15.2. The summed E-state index contributed by atoms with van der Waals surface area (Å²) < 4.78 is 6.11. The van der Waals surface area contributed by atoms with E-state index in [4.69, 9.17) is 4.74 Å². The summed E-state index contributed by atoms with van der Waals surface area (Å²) in [7, 11) is 3.38. The van der Waals surface area contributed by atoms with E-state index < -0.39 is 0 Å². The fourth-order valence-corrected chi connectivity index (χ4v) is 2.09. The second-order valence-corrected chi connectivity index (χ2v) is 5.56. The Kier molecular flexibility index (Phi) is 5.22. The largest absolute Gasteiger partial charge is 0.497 e. The highest BCUT2D eigenvalue weighted by Crippen LogP contribution is 2.16. The van der Waals surface area contributed by atoms with Gasteiger partial charge in [-0.15, -0.1) is 0 Å². The van der Waals surface area contributed by atoms with Crippen molar-refractivity contribution in [3.63, 3.8) is 0 Å². The van der Waals surface area contributed by atoms with Crippen molar-refractivity contribution in [1.29, 1.82) is 0 Å². The lowest BCUT2D eigenvalue weighted by Crippen LogP contribution is -2.30. The average molecular weight is 349 g/mol. The molecule has 0 radical (unpaired) electrons. The van der Waals surface area contributed by atoms with E-state index in [2.05, 4.69) is 21.2 Å². The molecule has 4 nitrogen and oxygen atoms in total. The van der Waals surface area contributed by atoms with Crippen LogP contribution in [-0.4, -0.2) is 25.1 Å². The van der Waals surface area contributed by atoms with Gasteiger partial charge < -0.3 is 15.0 Å². The quantitative estimate of drug-likeness (QED) is 0.902. The second-order valence-electron chi connectivity index (χ2n) is 4.64. The van der Waals surface area contributed by atoms with Gasteiger partial charge in [0.2, 0.25) is 0 Å². The van der Waals surface area contributed by atoms with Crippen molar-refractivity contribution in [1.82, 2.24) is 4.90 Å². The summed E-state index contributed by atoms with van der Waals surface area (Å²) in [6.07, 6.45) is 0. The minimum Gasteiger partial charge on any atom is -0.497 e. The molecule has 0 saturated heterocycles. The highest BCUT2D eigenvalue weighted by atomic mass is 79.9. The van der Waals surface area contributed by atoms with Crippen LogP contribution in [0.5, 0.6) is 5.75 Å². The van der Waals surface area contributed by atoms with E-state index in [1.165, 1.54) is 0 Å². The van der Waals surface area contributed by atoms with Crippen LogP contribution >= 0.6 is 15.9 Å². The Morgan fingerprint density at radius 1 is 1.14 bits per heavy atom. The van der Waals surface area contributed by atoms with Crippen LogP contribution in [0, 0.1) is 0 Å². The molecule has 5 heteroatoms. The highest BCUT2D eigenvalue weighted by molar-refractivity contribution is 9.10. The number of amides is 2. The third kappa shape index (κ3) is 4.49. The van der Waals surface area contributed by atoms with Crippen molar-refractivity contribution >= 4 is 27.6 Å². The number of urea groups is 1. The van der Waals surface area contributed by atoms with Gasteiger partial charge in [-0.2, -0.15) is 0 Å². The van der Waals surface area contributed by atoms with Gasteiger partial charge in [-0.05, 0) is 42.0 Å². The summed E-state index contributed by atoms with van der Waals surface area (Å²) in [5.41, 5.74) is 1.81. The van der Waals surface area contributed by atoms with Crippen molar-refractivity contribution in [3.05, 3.63) is 58.6 Å². The third-order valence-corrected chi connectivity index (χ3v) is 3.55. The Morgan fingerprint density at radius 2 is 1.76 bits per heavy atom. The van der Waals surface area contributed by atoms with Crippen LogP contribution in [0.1, 0.15) is 5.56 Å². The SMILES string of the molecule is COc1ccc(NC(=O)N(C)Cc2ccc(Br)cc2)cc1. The van der Waals surface area contributed by atoms with Gasteiger partial charge in [-0.3, -0.25) is 0 Å². The van der Waals surface area contributed by atoms with E-state index in [0.717, 1.165) is 21.5 Å². The van der Waals surface area contributed by atoms with Crippen molar-refractivity contribution in [2.75, 3.05) is 19.5 Å². The Morgan fingerprint density at radius 3 is 2.33 bits per heavy atom. The first-order valence-electron chi connectivity index (χ1n) is 6.49. The van der Waals surface area contributed by atoms with Gasteiger partial charge in [0.15, 0.2) is 0 Å². The summed E-state index contributed by atoms with van der Waals surface area (Å²) in [6.45, 7) is 0.551. The molecule has 0 spiro atoms. The predicted octanol–water partition coefficient (Wildman–Crippen LogP) is 4.12. The number of hydrogen-bond donors (Lipinski definition) is 1. The lowest BCUT2D eigenvalue weighted by molar-refractivity contribution is 0.220. The molecule has 0 aliphatic carbocycles. The van der Waals surface area contributed by atoms with Crippen LogP contribution < -0.4 is 10.1 Å². The van der Waals surface area contributed by atoms with Gasteiger partial charge in [0.25, 0.3) is 0 Å². The fourth-order valence-electron chi connectivity index (χ4n) is 1.83. The first kappa shape index (κ1) is 15.4. The molecule has 0 saturated carbocycles. The number of anilines is 1. The van der Waals surface area contributed by atoms with Gasteiger partial charge in [0.05, 0.1) is 7.11 Å². The maximum Gasteiger partial charge on any atom is 0.321 e. The van der Waals surface area contributed by atoms with E-state index in [0.29, 0.717) is 6.54 Å². The molecule has 0 unspecified atom stereocenters. The smallest absolute Gasteiger partial charge is 0.321 e. The zero-order valence-electron chi connectivity index (χ0n) is 12.0. The average Bonchev–Trinajstić information content (AvgIpc) is 2.50. The number of carbonyl (C=O) groups excluding carboxylic acids is 1. The number of ether oxygens (including phenoxy) is 1. The molecule has 0 heterocycles. The van der Waals surface area contributed by atoms with Crippen molar-refractivity contribution < 1.29 is 9.53 Å². The van der Waals surface area contributed by atoms with Crippen LogP contribution in [0.4, 0.5) is 10.5 Å². The second kappa shape index (κ2) is 7.13. The Balaban J connectivity index is 1.93. The lowest BCUT2D eigenvalue weighted by atomic mass is 10.2. The number of halogens is 1. The van der Waals surface area contributed by atoms with Crippen molar-refractivity contribution in [2.45, 2.75) is 6.54 Å². The van der Waals surface area contributed by atoms with Crippen molar-refractivity contribution in [2.24, 2.45) is 0 Å². The fraction of sp³-hybridized carbons (Fsp3) is 0.188. The van der Waals surface area contributed by atoms with E-state index in [1.54, 1.807) is 19.1 Å². The molecular weight excluding hydrogens is 332 g/mol. The monoisotopic (exact) mass is 348 g/mol. The number of nitrogens with one attached hydrogen (secondary N) is 1. The molecule has 2 aromatic rings. The summed E-state index contributed by atoms with van der Waals surface area (Å²) in [5, 5.41) is 2.85. The maximum absolute atomic E-state index is 12.1. The lowest BCUT2D eigenvalue weighted by Gasteiger charge is -2.18. The molecule has 0 aromatic heterocycles. The number of hydrogen-bond acceptors (Lipinski definition) is 2. The molecule has 1 N–H and O–H groups in total. The number of methoxy groups -OCH3 is 1. The summed E-state index contributed by atoms with van der Waals surface area (Å²) in [6, 6.07) is 15.0. The minimum atomic E-state index is -0.150. The molecule has 110 valence electrons. The molecule has 2 amide bonds. The number of benzene rings is 2. The summed E-state index contributed by atoms with van der Waals surface area (Å²) in [4.78, 5) is 13.7. The molecule has 0 atom stereocenters. The molecule has 0 fully saturated rings. The van der Waals surface area contributed by atoms with Crippen LogP contribution in [0.15, 0.2) is 53.0 Å². The third-order valence-electron chi connectivity index (χ3n) is 3.02. The van der Waals surface area contributed by atoms with E-state index >= 15 is 0 Å². The first-order chi connectivity index (χ1) is 10.1. The van der Waals surface area contributed by atoms with E-state index in [9.17, 15) is 4.79 Å². The minimum absolute atomic E-state index is 0.150. The van der Waals surface area contributed by atoms with Crippen LogP contribution in [-0.2, 0) is 6.54 Å². The van der Waals surface area contributed by atoms with E-state index in [1.807, 2.05) is 48.5 Å². The topological polar surface area (TPSA) is 41.6 Å². The molecule has 0 aliphatic rings. The van der Waals surface area contributed by atoms with Crippen LogP contribution in [0.3, 0.4) is 0 Å². The Hall–Kier alpha value is -2.01. The molecule has 0 aliphatic heterocycles. The van der Waals surface area contributed by atoms with Gasteiger partial charge >= 0.3 is 6.03 Å².